The minimum absolute atomic E-state index is 0.0713. The van der Waals surface area contributed by atoms with Crippen molar-refractivity contribution in [3.63, 3.8) is 0 Å². The second-order valence-corrected chi connectivity index (χ2v) is 5.45. The minimum Gasteiger partial charge on any atom is -0.423 e. The molecule has 0 atom stereocenters. The highest BCUT2D eigenvalue weighted by Gasteiger charge is 2.17. The molecule has 0 spiro atoms. The SMILES string of the molecule is Cc1cc(=O)oc2cc(OC(=O)c3cc(F)c(F)cc3Cl)ccc12. The van der Waals surface area contributed by atoms with Crippen LogP contribution in [0, 0.1) is 18.6 Å². The monoisotopic (exact) mass is 350 g/mol. The topological polar surface area (TPSA) is 56.5 Å². The summed E-state index contributed by atoms with van der Waals surface area (Å²) in [5.41, 5.74) is 0.0953. The summed E-state index contributed by atoms with van der Waals surface area (Å²) in [6, 6.07) is 7.15. The van der Waals surface area contributed by atoms with Crippen molar-refractivity contribution in [1.29, 1.82) is 0 Å². The van der Waals surface area contributed by atoms with Crippen molar-refractivity contribution in [2.45, 2.75) is 6.92 Å². The molecule has 0 aliphatic rings. The van der Waals surface area contributed by atoms with E-state index in [1.165, 1.54) is 18.2 Å². The van der Waals surface area contributed by atoms with Crippen LogP contribution in [0.1, 0.15) is 15.9 Å². The van der Waals surface area contributed by atoms with Crippen molar-refractivity contribution in [2.75, 3.05) is 0 Å². The minimum atomic E-state index is -1.22. The van der Waals surface area contributed by atoms with Crippen LogP contribution in [0.15, 0.2) is 45.6 Å². The van der Waals surface area contributed by atoms with E-state index in [1.807, 2.05) is 0 Å². The molecule has 0 aliphatic carbocycles. The van der Waals surface area contributed by atoms with Crippen molar-refractivity contribution in [1.82, 2.24) is 0 Å². The van der Waals surface area contributed by atoms with Gasteiger partial charge in [0.15, 0.2) is 11.6 Å². The molecule has 0 amide bonds. The third kappa shape index (κ3) is 3.00. The second-order valence-electron chi connectivity index (χ2n) is 5.04. The normalized spacial score (nSPS) is 10.8. The van der Waals surface area contributed by atoms with Crippen LogP contribution in [0.25, 0.3) is 11.0 Å². The van der Waals surface area contributed by atoms with Crippen molar-refractivity contribution in [3.8, 4) is 5.75 Å². The molecule has 0 saturated carbocycles. The average molecular weight is 351 g/mol. The second kappa shape index (κ2) is 6.05. The van der Waals surface area contributed by atoms with E-state index in [9.17, 15) is 18.4 Å². The highest BCUT2D eigenvalue weighted by Crippen LogP contribution is 2.25. The summed E-state index contributed by atoms with van der Waals surface area (Å²) < 4.78 is 36.4. The highest BCUT2D eigenvalue weighted by molar-refractivity contribution is 6.33. The Morgan fingerprint density at radius 3 is 2.58 bits per heavy atom. The highest BCUT2D eigenvalue weighted by atomic mass is 35.5. The molecule has 0 unspecified atom stereocenters. The van der Waals surface area contributed by atoms with Crippen molar-refractivity contribution in [2.24, 2.45) is 0 Å². The van der Waals surface area contributed by atoms with E-state index in [0.29, 0.717) is 23.1 Å². The Morgan fingerprint density at radius 2 is 1.83 bits per heavy atom. The Kier molecular flexibility index (Phi) is 4.07. The third-order valence-corrected chi connectivity index (χ3v) is 3.68. The molecule has 3 aromatic rings. The van der Waals surface area contributed by atoms with Crippen molar-refractivity contribution < 1.29 is 22.7 Å². The number of aryl methyl sites for hydroxylation is 1. The van der Waals surface area contributed by atoms with Gasteiger partial charge in [0.1, 0.15) is 11.3 Å². The molecule has 0 radical (unpaired) electrons. The summed E-state index contributed by atoms with van der Waals surface area (Å²) >= 11 is 5.73. The van der Waals surface area contributed by atoms with Gasteiger partial charge in [-0.05, 0) is 36.8 Å². The molecule has 0 bridgehead atoms. The summed E-state index contributed by atoms with van der Waals surface area (Å²) in [4.78, 5) is 23.5. The van der Waals surface area contributed by atoms with Gasteiger partial charge in [-0.25, -0.2) is 18.4 Å². The summed E-state index contributed by atoms with van der Waals surface area (Å²) in [6.07, 6.45) is 0. The molecular formula is C17H9ClF2O4. The predicted octanol–water partition coefficient (Wildman–Crippen LogP) is 4.25. The number of carbonyl (C=O) groups is 1. The van der Waals surface area contributed by atoms with Gasteiger partial charge in [-0.1, -0.05) is 11.6 Å². The van der Waals surface area contributed by atoms with Gasteiger partial charge in [0.25, 0.3) is 0 Å². The van der Waals surface area contributed by atoms with Crippen LogP contribution in [-0.2, 0) is 0 Å². The Bertz CT molecular complexity index is 1030. The fraction of sp³-hybridized carbons (Fsp3) is 0.0588. The standard InChI is InChI=1S/C17H9ClF2O4/c1-8-4-16(21)24-15-5-9(2-3-10(8)15)23-17(22)11-6-13(19)14(20)7-12(11)18/h2-7H,1H3. The third-order valence-electron chi connectivity index (χ3n) is 3.36. The van der Waals surface area contributed by atoms with E-state index in [1.54, 1.807) is 13.0 Å². The Hall–Kier alpha value is -2.73. The number of ether oxygens (including phenoxy) is 1. The molecule has 2 aromatic carbocycles. The van der Waals surface area contributed by atoms with E-state index in [4.69, 9.17) is 20.8 Å². The quantitative estimate of drug-likeness (QED) is 0.300. The molecule has 0 aliphatic heterocycles. The zero-order chi connectivity index (χ0) is 17.4. The van der Waals surface area contributed by atoms with E-state index in [0.717, 1.165) is 0 Å². The van der Waals surface area contributed by atoms with Gasteiger partial charge in [-0.15, -0.1) is 0 Å². The number of fused-ring (bicyclic) bond motifs is 1. The number of carbonyl (C=O) groups excluding carboxylic acids is 1. The summed E-state index contributed by atoms with van der Waals surface area (Å²) in [5.74, 6) is -3.28. The fourth-order valence-electron chi connectivity index (χ4n) is 2.21. The first kappa shape index (κ1) is 16.1. The van der Waals surface area contributed by atoms with Gasteiger partial charge in [-0.3, -0.25) is 0 Å². The van der Waals surface area contributed by atoms with E-state index < -0.39 is 23.2 Å². The van der Waals surface area contributed by atoms with Gasteiger partial charge in [0.2, 0.25) is 0 Å². The zero-order valence-corrected chi connectivity index (χ0v) is 13.0. The maximum atomic E-state index is 13.3. The number of hydrogen-bond acceptors (Lipinski definition) is 4. The number of esters is 1. The van der Waals surface area contributed by atoms with Gasteiger partial charge in [-0.2, -0.15) is 0 Å². The van der Waals surface area contributed by atoms with E-state index in [2.05, 4.69) is 0 Å². The van der Waals surface area contributed by atoms with Gasteiger partial charge < -0.3 is 9.15 Å². The molecule has 7 heteroatoms. The molecule has 4 nitrogen and oxygen atoms in total. The number of benzene rings is 2. The van der Waals surface area contributed by atoms with Crippen molar-refractivity contribution in [3.05, 3.63) is 74.6 Å². The van der Waals surface area contributed by atoms with Crippen LogP contribution >= 0.6 is 11.6 Å². The fourth-order valence-corrected chi connectivity index (χ4v) is 2.44. The first-order valence-electron chi connectivity index (χ1n) is 6.76. The molecule has 1 aromatic heterocycles. The van der Waals surface area contributed by atoms with E-state index in [-0.39, 0.29) is 21.9 Å². The number of hydrogen-bond donors (Lipinski definition) is 0. The Labute approximate surface area is 139 Å². The molecule has 1 heterocycles. The zero-order valence-electron chi connectivity index (χ0n) is 12.2. The largest absolute Gasteiger partial charge is 0.423 e. The number of rotatable bonds is 2. The van der Waals surface area contributed by atoms with E-state index >= 15 is 0 Å². The summed E-state index contributed by atoms with van der Waals surface area (Å²) in [5, 5.41) is 0.405. The first-order valence-corrected chi connectivity index (χ1v) is 7.14. The lowest BCUT2D eigenvalue weighted by molar-refractivity contribution is 0.0734. The Balaban J connectivity index is 1.96. The van der Waals surface area contributed by atoms with Crippen LogP contribution in [0.5, 0.6) is 5.75 Å². The van der Waals surface area contributed by atoms with Crippen LogP contribution in [-0.4, -0.2) is 5.97 Å². The first-order chi connectivity index (χ1) is 11.3. The molecule has 0 saturated heterocycles. The predicted molar refractivity (Wildman–Crippen MR) is 83.5 cm³/mol. The smallest absolute Gasteiger partial charge is 0.345 e. The summed E-state index contributed by atoms with van der Waals surface area (Å²) in [6.45, 7) is 1.74. The van der Waals surface area contributed by atoms with Crippen molar-refractivity contribution >= 4 is 28.5 Å². The van der Waals surface area contributed by atoms with Gasteiger partial charge >= 0.3 is 11.6 Å². The maximum Gasteiger partial charge on any atom is 0.345 e. The molecular weight excluding hydrogens is 342 g/mol. The Morgan fingerprint density at radius 1 is 1.12 bits per heavy atom. The molecule has 3 rings (SSSR count). The summed E-state index contributed by atoms with van der Waals surface area (Å²) in [7, 11) is 0. The molecule has 0 N–H and O–H groups in total. The lowest BCUT2D eigenvalue weighted by atomic mass is 10.1. The lowest BCUT2D eigenvalue weighted by Crippen LogP contribution is -2.10. The van der Waals surface area contributed by atoms with Crippen LogP contribution in [0.3, 0.4) is 0 Å². The van der Waals surface area contributed by atoms with Gasteiger partial charge in [0, 0.05) is 17.5 Å². The van der Waals surface area contributed by atoms with Crippen LogP contribution < -0.4 is 10.4 Å². The van der Waals surface area contributed by atoms with Crippen LogP contribution in [0.2, 0.25) is 5.02 Å². The number of halogens is 3. The average Bonchev–Trinajstić information content (AvgIpc) is 2.50. The maximum absolute atomic E-state index is 13.3. The lowest BCUT2D eigenvalue weighted by Gasteiger charge is -2.07. The molecule has 122 valence electrons. The molecule has 0 fully saturated rings. The van der Waals surface area contributed by atoms with Crippen LogP contribution in [0.4, 0.5) is 8.78 Å². The molecule has 24 heavy (non-hydrogen) atoms. The van der Waals surface area contributed by atoms with Gasteiger partial charge in [0.05, 0.1) is 10.6 Å².